The summed E-state index contributed by atoms with van der Waals surface area (Å²) in [6, 6.07) is 15.8. The normalized spacial score (nSPS) is 17.5. The van der Waals surface area contributed by atoms with Crippen molar-refractivity contribution in [3.05, 3.63) is 64.8 Å². The predicted octanol–water partition coefficient (Wildman–Crippen LogP) is 4.78. The minimum Gasteiger partial charge on any atom is -0.494 e. The number of fused-ring (bicyclic) bond motifs is 1. The molecule has 1 fully saturated rings. The molecule has 2 aromatic carbocycles. The zero-order chi connectivity index (χ0) is 23.5. The maximum Gasteiger partial charge on any atom is 0.409 e. The van der Waals surface area contributed by atoms with E-state index in [9.17, 15) is 4.79 Å². The van der Waals surface area contributed by atoms with Crippen LogP contribution in [0.4, 0.5) is 4.79 Å². The number of ether oxygens (including phenoxy) is 3. The number of halogens is 1. The van der Waals surface area contributed by atoms with Crippen molar-refractivity contribution >= 4 is 17.7 Å². The van der Waals surface area contributed by atoms with Gasteiger partial charge in [-0.1, -0.05) is 35.9 Å². The Kier molecular flexibility index (Phi) is 6.74. The Morgan fingerprint density at radius 1 is 1.12 bits per heavy atom. The topological polar surface area (TPSA) is 65.8 Å². The second-order valence-corrected chi connectivity index (χ2v) is 9.08. The Morgan fingerprint density at radius 3 is 2.65 bits per heavy atom. The van der Waals surface area contributed by atoms with E-state index >= 15 is 0 Å². The van der Waals surface area contributed by atoms with E-state index in [2.05, 4.69) is 0 Å². The standard InChI is InChI=1S/C26H28ClN3O4/c1-32-24-5-3-2-4-23(24)30-25(19-6-8-20(27)9-7-19)21-16-18(17-22(21)28-30)10-13-34-26(31)29-11-14-33-15-12-29/h2-9,18H,10-17H2,1H3. The summed E-state index contributed by atoms with van der Waals surface area (Å²) in [6.45, 7) is 2.74. The van der Waals surface area contributed by atoms with Crippen molar-refractivity contribution in [2.45, 2.75) is 19.3 Å². The highest BCUT2D eigenvalue weighted by Gasteiger charge is 2.31. The molecule has 34 heavy (non-hydrogen) atoms. The van der Waals surface area contributed by atoms with Gasteiger partial charge in [-0.2, -0.15) is 5.10 Å². The summed E-state index contributed by atoms with van der Waals surface area (Å²) >= 11 is 6.16. The fraction of sp³-hybridized carbons (Fsp3) is 0.385. The first kappa shape index (κ1) is 22.7. The number of hydrogen-bond donors (Lipinski definition) is 0. The van der Waals surface area contributed by atoms with Gasteiger partial charge in [-0.25, -0.2) is 9.48 Å². The average Bonchev–Trinajstić information content (AvgIpc) is 3.42. The summed E-state index contributed by atoms with van der Waals surface area (Å²) in [5.41, 5.74) is 5.34. The molecule has 8 heteroatoms. The number of para-hydroxylation sites is 2. The number of carbonyl (C=O) groups excluding carboxylic acids is 1. The first-order valence-corrected chi connectivity index (χ1v) is 12.0. The molecule has 1 aliphatic heterocycles. The van der Waals surface area contributed by atoms with Crippen molar-refractivity contribution in [3.8, 4) is 22.7 Å². The maximum absolute atomic E-state index is 12.3. The van der Waals surface area contributed by atoms with Crippen LogP contribution in [-0.4, -0.2) is 60.8 Å². The van der Waals surface area contributed by atoms with Crippen molar-refractivity contribution in [1.82, 2.24) is 14.7 Å². The van der Waals surface area contributed by atoms with Crippen LogP contribution in [0.5, 0.6) is 5.75 Å². The fourth-order valence-corrected chi connectivity index (χ4v) is 4.87. The SMILES string of the molecule is COc1ccccc1-n1nc2c(c1-c1ccc(Cl)cc1)CC(CCOC(=O)N1CCOCC1)C2. The predicted molar refractivity (Wildman–Crippen MR) is 130 cm³/mol. The summed E-state index contributed by atoms with van der Waals surface area (Å²) in [5.74, 6) is 1.15. The van der Waals surface area contributed by atoms with Gasteiger partial charge < -0.3 is 19.1 Å². The summed E-state index contributed by atoms with van der Waals surface area (Å²) in [6.07, 6.45) is 2.30. The lowest BCUT2D eigenvalue weighted by molar-refractivity contribution is 0.0259. The van der Waals surface area contributed by atoms with E-state index in [-0.39, 0.29) is 6.09 Å². The van der Waals surface area contributed by atoms with Crippen molar-refractivity contribution in [2.75, 3.05) is 40.0 Å². The molecular formula is C26H28ClN3O4. The third-order valence-corrected chi connectivity index (χ3v) is 6.75. The first-order valence-electron chi connectivity index (χ1n) is 11.6. The van der Waals surface area contributed by atoms with Crippen molar-refractivity contribution in [3.63, 3.8) is 0 Å². The lowest BCUT2D eigenvalue weighted by atomic mass is 10.0. The molecule has 0 radical (unpaired) electrons. The van der Waals surface area contributed by atoms with E-state index in [0.717, 1.165) is 47.7 Å². The van der Waals surface area contributed by atoms with Crippen LogP contribution in [0.3, 0.4) is 0 Å². The van der Waals surface area contributed by atoms with Gasteiger partial charge in [0, 0.05) is 29.2 Å². The number of nitrogens with zero attached hydrogens (tertiary/aromatic N) is 3. The molecule has 3 aromatic rings. The van der Waals surface area contributed by atoms with Gasteiger partial charge in [0.05, 0.1) is 38.3 Å². The molecule has 7 nitrogen and oxygen atoms in total. The zero-order valence-electron chi connectivity index (χ0n) is 19.2. The smallest absolute Gasteiger partial charge is 0.409 e. The molecule has 1 amide bonds. The average molecular weight is 482 g/mol. The van der Waals surface area contributed by atoms with E-state index in [1.54, 1.807) is 12.0 Å². The first-order chi connectivity index (χ1) is 16.6. The van der Waals surface area contributed by atoms with Crippen LogP contribution >= 0.6 is 11.6 Å². The lowest BCUT2D eigenvalue weighted by Gasteiger charge is -2.26. The molecule has 1 aromatic heterocycles. The summed E-state index contributed by atoms with van der Waals surface area (Å²) in [7, 11) is 1.67. The number of morpholine rings is 1. The number of carbonyl (C=O) groups is 1. The van der Waals surface area contributed by atoms with Crippen LogP contribution in [0.25, 0.3) is 16.9 Å². The zero-order valence-corrected chi connectivity index (χ0v) is 20.0. The number of amides is 1. The second kappa shape index (κ2) is 10.1. The monoisotopic (exact) mass is 481 g/mol. The largest absolute Gasteiger partial charge is 0.494 e. The van der Waals surface area contributed by atoms with Crippen LogP contribution in [0, 0.1) is 5.92 Å². The van der Waals surface area contributed by atoms with Gasteiger partial charge in [-0.3, -0.25) is 0 Å². The molecule has 2 aliphatic rings. The highest BCUT2D eigenvalue weighted by atomic mass is 35.5. The number of aromatic nitrogens is 2. The molecular weight excluding hydrogens is 454 g/mol. The van der Waals surface area contributed by atoms with Crippen LogP contribution in [0.1, 0.15) is 17.7 Å². The Bertz CT molecular complexity index is 1160. The Labute approximate surface area is 204 Å². The second-order valence-electron chi connectivity index (χ2n) is 8.64. The van der Waals surface area contributed by atoms with E-state index in [0.29, 0.717) is 43.9 Å². The number of methoxy groups -OCH3 is 1. The molecule has 0 spiro atoms. The van der Waals surface area contributed by atoms with Gasteiger partial charge in [0.25, 0.3) is 0 Å². The van der Waals surface area contributed by atoms with Crippen molar-refractivity contribution in [2.24, 2.45) is 5.92 Å². The van der Waals surface area contributed by atoms with Crippen LogP contribution in [0.15, 0.2) is 48.5 Å². The highest BCUT2D eigenvalue weighted by molar-refractivity contribution is 6.30. The van der Waals surface area contributed by atoms with Gasteiger partial charge in [-0.15, -0.1) is 0 Å². The van der Waals surface area contributed by atoms with Crippen molar-refractivity contribution < 1.29 is 19.0 Å². The minimum absolute atomic E-state index is 0.248. The fourth-order valence-electron chi connectivity index (χ4n) is 4.75. The summed E-state index contributed by atoms with van der Waals surface area (Å²) in [5, 5.41) is 5.71. The number of rotatable bonds is 6. The van der Waals surface area contributed by atoms with Crippen LogP contribution in [0.2, 0.25) is 5.02 Å². The van der Waals surface area contributed by atoms with Crippen molar-refractivity contribution in [1.29, 1.82) is 0 Å². The summed E-state index contributed by atoms with van der Waals surface area (Å²) in [4.78, 5) is 14.0. The van der Waals surface area contributed by atoms with E-state index in [1.807, 2.05) is 53.2 Å². The molecule has 178 valence electrons. The maximum atomic E-state index is 12.3. The van der Waals surface area contributed by atoms with E-state index in [1.165, 1.54) is 5.56 Å². The molecule has 0 bridgehead atoms. The molecule has 1 unspecified atom stereocenters. The molecule has 0 saturated carbocycles. The minimum atomic E-state index is -0.248. The Balaban J connectivity index is 1.35. The van der Waals surface area contributed by atoms with Gasteiger partial charge in [0.1, 0.15) is 11.4 Å². The molecule has 0 N–H and O–H groups in total. The molecule has 5 rings (SSSR count). The number of benzene rings is 2. The van der Waals surface area contributed by atoms with Gasteiger partial charge >= 0.3 is 6.09 Å². The molecule has 1 aliphatic carbocycles. The van der Waals surface area contributed by atoms with Gasteiger partial charge in [0.2, 0.25) is 0 Å². The molecule has 1 saturated heterocycles. The third kappa shape index (κ3) is 4.63. The molecule has 2 heterocycles. The van der Waals surface area contributed by atoms with E-state index in [4.69, 9.17) is 30.9 Å². The Morgan fingerprint density at radius 2 is 1.88 bits per heavy atom. The van der Waals surface area contributed by atoms with Gasteiger partial charge in [-0.05, 0) is 49.4 Å². The quantitative estimate of drug-likeness (QED) is 0.507. The summed E-state index contributed by atoms with van der Waals surface area (Å²) < 4.78 is 18.4. The molecule has 1 atom stereocenters. The van der Waals surface area contributed by atoms with Crippen LogP contribution < -0.4 is 4.74 Å². The highest BCUT2D eigenvalue weighted by Crippen LogP contribution is 2.39. The number of hydrogen-bond acceptors (Lipinski definition) is 5. The van der Waals surface area contributed by atoms with Crippen LogP contribution in [-0.2, 0) is 22.3 Å². The Hall–Kier alpha value is -3.03. The third-order valence-electron chi connectivity index (χ3n) is 6.49. The van der Waals surface area contributed by atoms with E-state index < -0.39 is 0 Å². The lowest BCUT2D eigenvalue weighted by Crippen LogP contribution is -2.41. The van der Waals surface area contributed by atoms with Gasteiger partial charge in [0.15, 0.2) is 0 Å².